The Morgan fingerprint density at radius 2 is 1.85 bits per heavy atom. The van der Waals surface area contributed by atoms with Crippen LogP contribution in [0.1, 0.15) is 21.5 Å². The quantitative estimate of drug-likeness (QED) is 0.674. The van der Waals surface area contributed by atoms with E-state index in [1.165, 1.54) is 18.2 Å². The minimum absolute atomic E-state index is 0.0722. The number of primary amides is 1. The second-order valence-corrected chi connectivity index (χ2v) is 6.30. The standard InChI is InChI=1S/C19H20ClN3O4/c1-11-4-3-5-15(12(11)2)23-17(24)9-22-18(25)10-27-16-7-6-13(20)8-14(16)19(21)26/h3-8H,9-10H2,1-2H3,(H2,21,26)(H,22,25)(H,23,24). The molecular formula is C19H20ClN3O4. The zero-order valence-electron chi connectivity index (χ0n) is 15.0. The lowest BCUT2D eigenvalue weighted by Crippen LogP contribution is -2.36. The highest BCUT2D eigenvalue weighted by molar-refractivity contribution is 6.31. The van der Waals surface area contributed by atoms with Crippen molar-refractivity contribution in [2.45, 2.75) is 13.8 Å². The van der Waals surface area contributed by atoms with E-state index in [0.29, 0.717) is 10.7 Å². The largest absolute Gasteiger partial charge is 0.483 e. The predicted molar refractivity (Wildman–Crippen MR) is 103 cm³/mol. The van der Waals surface area contributed by atoms with E-state index >= 15 is 0 Å². The van der Waals surface area contributed by atoms with Gasteiger partial charge in [-0.2, -0.15) is 0 Å². The van der Waals surface area contributed by atoms with Gasteiger partial charge in [0.1, 0.15) is 5.75 Å². The van der Waals surface area contributed by atoms with E-state index in [4.69, 9.17) is 22.1 Å². The highest BCUT2D eigenvalue weighted by Crippen LogP contribution is 2.22. The van der Waals surface area contributed by atoms with Crippen molar-refractivity contribution in [2.24, 2.45) is 5.73 Å². The molecule has 2 aromatic carbocycles. The van der Waals surface area contributed by atoms with Gasteiger partial charge < -0.3 is 21.1 Å². The first-order chi connectivity index (χ1) is 12.8. The summed E-state index contributed by atoms with van der Waals surface area (Å²) in [5, 5.41) is 5.51. The number of benzene rings is 2. The maximum absolute atomic E-state index is 12.0. The van der Waals surface area contributed by atoms with Crippen LogP contribution < -0.4 is 21.1 Å². The van der Waals surface area contributed by atoms with Gasteiger partial charge in [0.2, 0.25) is 5.91 Å². The van der Waals surface area contributed by atoms with Crippen molar-refractivity contribution in [3.05, 3.63) is 58.1 Å². The maximum Gasteiger partial charge on any atom is 0.258 e. The number of rotatable bonds is 7. The zero-order chi connectivity index (χ0) is 20.0. The van der Waals surface area contributed by atoms with E-state index in [1.807, 2.05) is 26.0 Å². The van der Waals surface area contributed by atoms with Crippen LogP contribution in [-0.2, 0) is 9.59 Å². The van der Waals surface area contributed by atoms with Crippen LogP contribution in [0.2, 0.25) is 5.02 Å². The molecule has 0 radical (unpaired) electrons. The lowest BCUT2D eigenvalue weighted by molar-refractivity contribution is -0.125. The van der Waals surface area contributed by atoms with Gasteiger partial charge in [0, 0.05) is 10.7 Å². The van der Waals surface area contributed by atoms with Crippen LogP contribution in [0.3, 0.4) is 0 Å². The van der Waals surface area contributed by atoms with Gasteiger partial charge in [-0.25, -0.2) is 0 Å². The molecule has 0 aliphatic rings. The van der Waals surface area contributed by atoms with E-state index in [0.717, 1.165) is 11.1 Å². The number of amides is 3. The van der Waals surface area contributed by atoms with Crippen molar-refractivity contribution in [3.63, 3.8) is 0 Å². The van der Waals surface area contributed by atoms with Gasteiger partial charge >= 0.3 is 0 Å². The van der Waals surface area contributed by atoms with E-state index in [1.54, 1.807) is 6.07 Å². The fourth-order valence-corrected chi connectivity index (χ4v) is 2.45. The maximum atomic E-state index is 12.0. The third-order valence-corrected chi connectivity index (χ3v) is 4.13. The highest BCUT2D eigenvalue weighted by atomic mass is 35.5. The molecule has 0 unspecified atom stereocenters. The highest BCUT2D eigenvalue weighted by Gasteiger charge is 2.13. The van der Waals surface area contributed by atoms with Crippen LogP contribution in [0.25, 0.3) is 0 Å². The Hall–Kier alpha value is -3.06. The zero-order valence-corrected chi connectivity index (χ0v) is 15.7. The summed E-state index contributed by atoms with van der Waals surface area (Å²) in [6.07, 6.45) is 0. The van der Waals surface area contributed by atoms with Crippen LogP contribution in [0.15, 0.2) is 36.4 Å². The molecule has 2 aromatic rings. The molecule has 0 heterocycles. The minimum Gasteiger partial charge on any atom is -0.483 e. The molecule has 0 aliphatic carbocycles. The van der Waals surface area contributed by atoms with E-state index in [2.05, 4.69) is 10.6 Å². The van der Waals surface area contributed by atoms with Crippen LogP contribution in [0.4, 0.5) is 5.69 Å². The third kappa shape index (κ3) is 5.72. The third-order valence-electron chi connectivity index (χ3n) is 3.89. The Kier molecular flexibility index (Phi) is 6.79. The fourth-order valence-electron chi connectivity index (χ4n) is 2.27. The molecule has 0 saturated carbocycles. The first-order valence-electron chi connectivity index (χ1n) is 8.13. The monoisotopic (exact) mass is 389 g/mol. The number of carbonyl (C=O) groups excluding carboxylic acids is 3. The normalized spacial score (nSPS) is 10.2. The number of carbonyl (C=O) groups is 3. The molecule has 0 aromatic heterocycles. The van der Waals surface area contributed by atoms with Gasteiger partial charge in [-0.1, -0.05) is 23.7 Å². The summed E-state index contributed by atoms with van der Waals surface area (Å²) < 4.78 is 5.30. The van der Waals surface area contributed by atoms with Crippen molar-refractivity contribution < 1.29 is 19.1 Å². The first-order valence-corrected chi connectivity index (χ1v) is 8.50. The summed E-state index contributed by atoms with van der Waals surface area (Å²) in [4.78, 5) is 35.3. The summed E-state index contributed by atoms with van der Waals surface area (Å²) in [6, 6.07) is 9.89. The molecule has 27 heavy (non-hydrogen) atoms. The molecule has 2 rings (SSSR count). The number of nitrogens with one attached hydrogen (secondary N) is 2. The summed E-state index contributed by atoms with van der Waals surface area (Å²) in [5.41, 5.74) is 8.03. The number of anilines is 1. The first kappa shape index (κ1) is 20.3. The van der Waals surface area contributed by atoms with Crippen molar-refractivity contribution in [2.75, 3.05) is 18.5 Å². The second-order valence-electron chi connectivity index (χ2n) is 5.87. The average Bonchev–Trinajstić information content (AvgIpc) is 2.62. The van der Waals surface area contributed by atoms with Gasteiger partial charge in [0.05, 0.1) is 12.1 Å². The van der Waals surface area contributed by atoms with E-state index < -0.39 is 11.8 Å². The van der Waals surface area contributed by atoms with Crippen molar-refractivity contribution in [1.82, 2.24) is 5.32 Å². The molecule has 7 nitrogen and oxygen atoms in total. The summed E-state index contributed by atoms with van der Waals surface area (Å²) in [7, 11) is 0. The summed E-state index contributed by atoms with van der Waals surface area (Å²) in [5.74, 6) is -1.46. The smallest absolute Gasteiger partial charge is 0.258 e. The van der Waals surface area contributed by atoms with Crippen LogP contribution in [-0.4, -0.2) is 30.9 Å². The molecule has 4 N–H and O–H groups in total. The number of halogens is 1. The SMILES string of the molecule is Cc1cccc(NC(=O)CNC(=O)COc2ccc(Cl)cc2C(N)=O)c1C. The van der Waals surface area contributed by atoms with Crippen LogP contribution in [0.5, 0.6) is 5.75 Å². The number of hydrogen-bond acceptors (Lipinski definition) is 4. The Morgan fingerprint density at radius 1 is 1.11 bits per heavy atom. The topological polar surface area (TPSA) is 111 Å². The number of nitrogens with two attached hydrogens (primary N) is 1. The Labute approximate surface area is 161 Å². The molecule has 0 spiro atoms. The minimum atomic E-state index is -0.721. The summed E-state index contributed by atoms with van der Waals surface area (Å²) in [6.45, 7) is 3.26. The Balaban J connectivity index is 1.85. The second kappa shape index (κ2) is 9.05. The molecule has 0 bridgehead atoms. The molecule has 3 amide bonds. The lowest BCUT2D eigenvalue weighted by Gasteiger charge is -2.12. The van der Waals surface area contributed by atoms with Gasteiger partial charge in [0.15, 0.2) is 6.61 Å². The van der Waals surface area contributed by atoms with E-state index in [9.17, 15) is 14.4 Å². The van der Waals surface area contributed by atoms with Crippen LogP contribution >= 0.6 is 11.6 Å². The predicted octanol–water partition coefficient (Wildman–Crippen LogP) is 2.19. The van der Waals surface area contributed by atoms with Gasteiger partial charge in [0.25, 0.3) is 11.8 Å². The van der Waals surface area contributed by atoms with Gasteiger partial charge in [-0.15, -0.1) is 0 Å². The van der Waals surface area contributed by atoms with Crippen LogP contribution in [0, 0.1) is 13.8 Å². The molecule has 0 atom stereocenters. The van der Waals surface area contributed by atoms with E-state index in [-0.39, 0.29) is 30.4 Å². The number of hydrogen-bond donors (Lipinski definition) is 3. The molecule has 0 fully saturated rings. The van der Waals surface area contributed by atoms with Crippen molar-refractivity contribution in [1.29, 1.82) is 0 Å². The average molecular weight is 390 g/mol. The summed E-state index contributed by atoms with van der Waals surface area (Å²) >= 11 is 5.81. The molecule has 0 saturated heterocycles. The molecule has 8 heteroatoms. The van der Waals surface area contributed by atoms with Gasteiger partial charge in [-0.3, -0.25) is 14.4 Å². The molecule has 0 aliphatic heterocycles. The van der Waals surface area contributed by atoms with Crippen molar-refractivity contribution in [3.8, 4) is 5.75 Å². The fraction of sp³-hybridized carbons (Fsp3) is 0.211. The Morgan fingerprint density at radius 3 is 2.56 bits per heavy atom. The Bertz CT molecular complexity index is 883. The van der Waals surface area contributed by atoms with Gasteiger partial charge in [-0.05, 0) is 49.2 Å². The molecular weight excluding hydrogens is 370 g/mol. The number of aryl methyl sites for hydroxylation is 1. The molecule has 142 valence electrons. The van der Waals surface area contributed by atoms with Crippen molar-refractivity contribution >= 4 is 35.0 Å². The lowest BCUT2D eigenvalue weighted by atomic mass is 10.1. The number of ether oxygens (including phenoxy) is 1.